The lowest BCUT2D eigenvalue weighted by Crippen LogP contribution is -2.00. The maximum Gasteiger partial charge on any atom is 0.156 e. The minimum absolute atomic E-state index is 0.113. The number of ether oxygens (including phenoxy) is 1. The predicted molar refractivity (Wildman–Crippen MR) is 88.7 cm³/mol. The van der Waals surface area contributed by atoms with E-state index in [9.17, 15) is 4.79 Å². The van der Waals surface area contributed by atoms with Crippen LogP contribution in [0.3, 0.4) is 0 Å². The van der Waals surface area contributed by atoms with Crippen molar-refractivity contribution in [3.63, 3.8) is 0 Å². The van der Waals surface area contributed by atoms with E-state index in [0.717, 1.165) is 11.4 Å². The topological polar surface area (TPSA) is 64.1 Å². The summed E-state index contributed by atoms with van der Waals surface area (Å²) in [5.74, 6) is 1.83. The number of para-hydroxylation sites is 1. The van der Waals surface area contributed by atoms with Gasteiger partial charge in [-0.25, -0.2) is 9.97 Å². The van der Waals surface area contributed by atoms with Gasteiger partial charge in [-0.2, -0.15) is 0 Å². The van der Waals surface area contributed by atoms with Gasteiger partial charge in [-0.1, -0.05) is 29.8 Å². The second-order valence-electron chi connectivity index (χ2n) is 4.61. The molecule has 3 aromatic rings. The first kappa shape index (κ1) is 15.0. The molecule has 114 valence electrons. The van der Waals surface area contributed by atoms with E-state index in [1.165, 1.54) is 6.33 Å². The van der Waals surface area contributed by atoms with Crippen LogP contribution in [0.4, 0.5) is 11.5 Å². The molecule has 0 aliphatic rings. The second kappa shape index (κ2) is 6.89. The lowest BCUT2D eigenvalue weighted by Gasteiger charge is -2.09. The number of carbonyl (C=O) groups excluding carboxylic acids is 1. The largest absolute Gasteiger partial charge is 0.457 e. The van der Waals surface area contributed by atoms with Gasteiger partial charge in [0.25, 0.3) is 0 Å². The molecule has 0 spiro atoms. The Hall–Kier alpha value is -2.92. The number of nitrogens with zero attached hydrogens (tertiary/aromatic N) is 2. The molecule has 0 saturated carbocycles. The maximum absolute atomic E-state index is 11.1. The Kier molecular flexibility index (Phi) is 4.49. The molecule has 0 radical (unpaired) electrons. The molecule has 0 saturated heterocycles. The number of halogens is 1. The van der Waals surface area contributed by atoms with Crippen molar-refractivity contribution in [2.75, 3.05) is 5.32 Å². The summed E-state index contributed by atoms with van der Waals surface area (Å²) < 4.78 is 5.72. The summed E-state index contributed by atoms with van der Waals surface area (Å²) in [6, 6.07) is 16.8. The van der Waals surface area contributed by atoms with Crippen LogP contribution in [0.2, 0.25) is 5.15 Å². The van der Waals surface area contributed by atoms with Crippen LogP contribution >= 0.6 is 11.6 Å². The van der Waals surface area contributed by atoms with Gasteiger partial charge in [-0.05, 0) is 36.4 Å². The van der Waals surface area contributed by atoms with Crippen molar-refractivity contribution in [3.8, 4) is 11.5 Å². The van der Waals surface area contributed by atoms with Gasteiger partial charge in [0.15, 0.2) is 6.29 Å². The smallest absolute Gasteiger partial charge is 0.156 e. The van der Waals surface area contributed by atoms with Crippen LogP contribution in [-0.2, 0) is 0 Å². The van der Waals surface area contributed by atoms with Crippen molar-refractivity contribution >= 4 is 29.4 Å². The zero-order valence-electron chi connectivity index (χ0n) is 11.9. The molecule has 23 heavy (non-hydrogen) atoms. The van der Waals surface area contributed by atoms with E-state index in [0.29, 0.717) is 17.9 Å². The number of hydrogen-bond donors (Lipinski definition) is 1. The van der Waals surface area contributed by atoms with Gasteiger partial charge >= 0.3 is 0 Å². The zero-order valence-corrected chi connectivity index (χ0v) is 12.7. The van der Waals surface area contributed by atoms with Gasteiger partial charge < -0.3 is 10.1 Å². The van der Waals surface area contributed by atoms with E-state index >= 15 is 0 Å². The van der Waals surface area contributed by atoms with E-state index in [2.05, 4.69) is 15.3 Å². The molecule has 3 rings (SSSR count). The Balaban J connectivity index is 1.75. The van der Waals surface area contributed by atoms with Crippen molar-refractivity contribution in [2.24, 2.45) is 0 Å². The molecule has 0 amide bonds. The minimum atomic E-state index is 0.113. The fourth-order valence-corrected chi connectivity index (χ4v) is 2.12. The van der Waals surface area contributed by atoms with Gasteiger partial charge in [0.1, 0.15) is 28.8 Å². The minimum Gasteiger partial charge on any atom is -0.457 e. The van der Waals surface area contributed by atoms with Crippen molar-refractivity contribution in [1.82, 2.24) is 9.97 Å². The lowest BCUT2D eigenvalue weighted by atomic mass is 10.2. The third-order valence-corrected chi connectivity index (χ3v) is 3.35. The van der Waals surface area contributed by atoms with Gasteiger partial charge in [0, 0.05) is 5.69 Å². The molecule has 6 heteroatoms. The number of carbonyl (C=O) groups is 1. The predicted octanol–water partition coefficient (Wildman–Crippen LogP) is 4.48. The third kappa shape index (κ3) is 3.64. The Morgan fingerprint density at radius 1 is 0.957 bits per heavy atom. The standard InChI is InChI=1S/C17H12ClN3O2/c18-16-15(10-22)17(20-11-19-16)21-12-6-8-14(9-7-12)23-13-4-2-1-3-5-13/h1-11H,(H,19,20,21). The molecule has 0 aliphatic carbocycles. The van der Waals surface area contributed by atoms with E-state index in [1.807, 2.05) is 54.6 Å². The summed E-state index contributed by atoms with van der Waals surface area (Å²) in [6.07, 6.45) is 1.92. The van der Waals surface area contributed by atoms with Crippen LogP contribution in [0.5, 0.6) is 11.5 Å². The fourth-order valence-electron chi connectivity index (χ4n) is 1.95. The van der Waals surface area contributed by atoms with Crippen LogP contribution < -0.4 is 10.1 Å². The Morgan fingerprint density at radius 3 is 2.35 bits per heavy atom. The van der Waals surface area contributed by atoms with Crippen molar-refractivity contribution in [3.05, 3.63) is 71.6 Å². The molecule has 0 unspecified atom stereocenters. The summed E-state index contributed by atoms with van der Waals surface area (Å²) >= 11 is 5.87. The van der Waals surface area contributed by atoms with E-state index in [4.69, 9.17) is 16.3 Å². The number of aldehydes is 1. The van der Waals surface area contributed by atoms with E-state index < -0.39 is 0 Å². The average molecular weight is 326 g/mol. The van der Waals surface area contributed by atoms with Gasteiger partial charge in [-0.15, -0.1) is 0 Å². The first-order valence-electron chi connectivity index (χ1n) is 6.82. The fraction of sp³-hybridized carbons (Fsp3) is 0. The number of rotatable bonds is 5. The van der Waals surface area contributed by atoms with Crippen LogP contribution in [0.15, 0.2) is 60.9 Å². The summed E-state index contributed by atoms with van der Waals surface area (Å²) in [5.41, 5.74) is 0.974. The van der Waals surface area contributed by atoms with E-state index in [1.54, 1.807) is 0 Å². The first-order chi connectivity index (χ1) is 11.3. The third-order valence-electron chi connectivity index (χ3n) is 3.05. The second-order valence-corrected chi connectivity index (χ2v) is 4.97. The van der Waals surface area contributed by atoms with Crippen LogP contribution in [0.25, 0.3) is 0 Å². The molecule has 5 nitrogen and oxygen atoms in total. The Morgan fingerprint density at radius 2 is 1.65 bits per heavy atom. The normalized spacial score (nSPS) is 10.1. The summed E-state index contributed by atoms with van der Waals surface area (Å²) in [7, 11) is 0. The SMILES string of the molecule is O=Cc1c(Cl)ncnc1Nc1ccc(Oc2ccccc2)cc1. The quantitative estimate of drug-likeness (QED) is 0.553. The van der Waals surface area contributed by atoms with Crippen LogP contribution in [0.1, 0.15) is 10.4 Å². The number of aromatic nitrogens is 2. The Labute approximate surface area is 137 Å². The Bertz CT molecular complexity index is 808. The highest BCUT2D eigenvalue weighted by molar-refractivity contribution is 6.32. The molecule has 0 bridgehead atoms. The molecule has 1 N–H and O–H groups in total. The monoisotopic (exact) mass is 325 g/mol. The van der Waals surface area contributed by atoms with Gasteiger partial charge in [-0.3, -0.25) is 4.79 Å². The van der Waals surface area contributed by atoms with Gasteiger partial charge in [0.2, 0.25) is 0 Å². The lowest BCUT2D eigenvalue weighted by molar-refractivity contribution is 0.112. The maximum atomic E-state index is 11.1. The first-order valence-corrected chi connectivity index (χ1v) is 7.20. The highest BCUT2D eigenvalue weighted by Crippen LogP contribution is 2.25. The highest BCUT2D eigenvalue weighted by atomic mass is 35.5. The summed E-state index contributed by atoms with van der Waals surface area (Å²) in [4.78, 5) is 18.9. The molecule has 2 aromatic carbocycles. The molecular weight excluding hydrogens is 314 g/mol. The van der Waals surface area contributed by atoms with Crippen molar-refractivity contribution in [1.29, 1.82) is 0 Å². The average Bonchev–Trinajstić information content (AvgIpc) is 2.58. The number of benzene rings is 2. The molecule has 0 atom stereocenters. The number of anilines is 2. The number of nitrogens with one attached hydrogen (secondary N) is 1. The van der Waals surface area contributed by atoms with Crippen LogP contribution in [-0.4, -0.2) is 16.3 Å². The van der Waals surface area contributed by atoms with Gasteiger partial charge in [0.05, 0.1) is 5.56 Å². The van der Waals surface area contributed by atoms with Crippen molar-refractivity contribution in [2.45, 2.75) is 0 Å². The number of hydrogen-bond acceptors (Lipinski definition) is 5. The summed E-state index contributed by atoms with van der Waals surface area (Å²) in [6.45, 7) is 0. The molecular formula is C17H12ClN3O2. The van der Waals surface area contributed by atoms with Crippen LogP contribution in [0, 0.1) is 0 Å². The van der Waals surface area contributed by atoms with Crippen molar-refractivity contribution < 1.29 is 9.53 Å². The molecule has 1 aromatic heterocycles. The molecule has 0 aliphatic heterocycles. The highest BCUT2D eigenvalue weighted by Gasteiger charge is 2.09. The van der Waals surface area contributed by atoms with E-state index in [-0.39, 0.29) is 10.7 Å². The summed E-state index contributed by atoms with van der Waals surface area (Å²) in [5, 5.41) is 3.15. The molecule has 1 heterocycles. The zero-order chi connectivity index (χ0) is 16.1. The molecule has 0 fully saturated rings.